The molecule has 0 heterocycles. The van der Waals surface area contributed by atoms with Gasteiger partial charge >= 0.3 is 0 Å². The minimum Gasteiger partial charge on any atom is -0.384 e. The first-order valence-electron chi connectivity index (χ1n) is 4.66. The second-order valence-corrected chi connectivity index (χ2v) is 4.60. The summed E-state index contributed by atoms with van der Waals surface area (Å²) in [6.07, 6.45) is 0. The van der Waals surface area contributed by atoms with Crippen molar-refractivity contribution in [1.82, 2.24) is 4.72 Å². The molecule has 1 rings (SSSR count). The van der Waals surface area contributed by atoms with Gasteiger partial charge in [0.1, 0.15) is 5.84 Å². The summed E-state index contributed by atoms with van der Waals surface area (Å²) in [5, 5.41) is 7.23. The van der Waals surface area contributed by atoms with Crippen molar-refractivity contribution in [3.63, 3.8) is 0 Å². The van der Waals surface area contributed by atoms with E-state index in [-0.39, 0.29) is 5.84 Å². The fraction of sp³-hybridized carbons (Fsp3) is 0.222. The highest BCUT2D eigenvalue weighted by Gasteiger charge is 2.08. The summed E-state index contributed by atoms with van der Waals surface area (Å²) in [4.78, 5) is 0. The van der Waals surface area contributed by atoms with E-state index in [1.807, 2.05) is 0 Å². The van der Waals surface area contributed by atoms with Gasteiger partial charge in [-0.1, -0.05) is 19.1 Å². The van der Waals surface area contributed by atoms with E-state index in [0.29, 0.717) is 17.8 Å². The van der Waals surface area contributed by atoms with E-state index in [0.717, 1.165) is 0 Å². The molecule has 88 valence electrons. The van der Waals surface area contributed by atoms with Gasteiger partial charge in [-0.3, -0.25) is 10.1 Å². The molecule has 1 aromatic carbocycles. The second kappa shape index (κ2) is 4.95. The van der Waals surface area contributed by atoms with Crippen LogP contribution in [0.1, 0.15) is 12.5 Å². The van der Waals surface area contributed by atoms with Crippen molar-refractivity contribution >= 4 is 21.7 Å². The molecule has 16 heavy (non-hydrogen) atoms. The summed E-state index contributed by atoms with van der Waals surface area (Å²) >= 11 is 0. The lowest BCUT2D eigenvalue weighted by atomic mass is 10.2. The van der Waals surface area contributed by atoms with Crippen molar-refractivity contribution in [2.45, 2.75) is 6.92 Å². The van der Waals surface area contributed by atoms with Crippen LogP contribution in [0, 0.1) is 5.41 Å². The van der Waals surface area contributed by atoms with E-state index < -0.39 is 10.2 Å². The predicted molar refractivity (Wildman–Crippen MR) is 63.7 cm³/mol. The van der Waals surface area contributed by atoms with E-state index in [4.69, 9.17) is 11.1 Å². The van der Waals surface area contributed by atoms with Crippen molar-refractivity contribution in [1.29, 1.82) is 5.41 Å². The molecule has 0 spiro atoms. The SMILES string of the molecule is CCNS(=O)(=O)Nc1cccc(C(=N)N)c1. The number of nitrogens with two attached hydrogens (primary N) is 1. The minimum absolute atomic E-state index is 0.107. The first-order chi connectivity index (χ1) is 7.44. The Hall–Kier alpha value is -1.60. The van der Waals surface area contributed by atoms with Crippen LogP contribution in [0.25, 0.3) is 0 Å². The Balaban J connectivity index is 2.90. The van der Waals surface area contributed by atoms with Gasteiger partial charge in [-0.15, -0.1) is 0 Å². The Morgan fingerprint density at radius 2 is 2.19 bits per heavy atom. The van der Waals surface area contributed by atoms with Crippen LogP contribution < -0.4 is 15.2 Å². The molecule has 0 fully saturated rings. The molecule has 0 saturated heterocycles. The molecule has 0 aliphatic carbocycles. The fourth-order valence-corrected chi connectivity index (χ4v) is 2.02. The summed E-state index contributed by atoms with van der Waals surface area (Å²) in [6.45, 7) is 1.99. The third kappa shape index (κ3) is 3.52. The maximum Gasteiger partial charge on any atom is 0.299 e. The second-order valence-electron chi connectivity index (χ2n) is 3.10. The van der Waals surface area contributed by atoms with Crippen molar-refractivity contribution in [2.24, 2.45) is 5.73 Å². The Bertz CT molecular complexity index is 484. The fourth-order valence-electron chi connectivity index (χ4n) is 1.13. The molecule has 5 N–H and O–H groups in total. The predicted octanol–water partition coefficient (Wildman–Crippen LogP) is 0.237. The Morgan fingerprint density at radius 1 is 1.50 bits per heavy atom. The summed E-state index contributed by atoms with van der Waals surface area (Å²) in [7, 11) is -3.54. The minimum atomic E-state index is -3.54. The number of anilines is 1. The molecule has 0 aromatic heterocycles. The molecule has 0 saturated carbocycles. The van der Waals surface area contributed by atoms with Gasteiger partial charge in [-0.2, -0.15) is 13.1 Å². The zero-order chi connectivity index (χ0) is 12.2. The first-order valence-corrected chi connectivity index (χ1v) is 6.15. The first kappa shape index (κ1) is 12.5. The number of hydrogen-bond donors (Lipinski definition) is 4. The molecule has 0 atom stereocenters. The monoisotopic (exact) mass is 242 g/mol. The van der Waals surface area contributed by atoms with Gasteiger partial charge in [0, 0.05) is 12.1 Å². The van der Waals surface area contributed by atoms with E-state index in [9.17, 15) is 8.42 Å². The van der Waals surface area contributed by atoms with Gasteiger partial charge in [0.05, 0.1) is 5.69 Å². The molecule has 0 aliphatic heterocycles. The normalized spacial score (nSPS) is 11.1. The average molecular weight is 242 g/mol. The lowest BCUT2D eigenvalue weighted by molar-refractivity contribution is 0.589. The van der Waals surface area contributed by atoms with E-state index in [1.165, 1.54) is 6.07 Å². The lowest BCUT2D eigenvalue weighted by Gasteiger charge is -2.08. The summed E-state index contributed by atoms with van der Waals surface area (Å²) in [6, 6.07) is 6.34. The van der Waals surface area contributed by atoms with Crippen molar-refractivity contribution in [3.8, 4) is 0 Å². The number of hydrogen-bond acceptors (Lipinski definition) is 3. The zero-order valence-electron chi connectivity index (χ0n) is 8.82. The zero-order valence-corrected chi connectivity index (χ0v) is 9.64. The smallest absolute Gasteiger partial charge is 0.299 e. The molecule has 0 radical (unpaired) electrons. The van der Waals surface area contributed by atoms with E-state index in [2.05, 4.69) is 9.44 Å². The van der Waals surface area contributed by atoms with Gasteiger partial charge in [0.2, 0.25) is 0 Å². The Labute approximate surface area is 94.5 Å². The third-order valence-corrected chi connectivity index (χ3v) is 2.93. The molecule has 0 aliphatic rings. The van der Waals surface area contributed by atoms with Gasteiger partial charge in [-0.25, -0.2) is 0 Å². The molecule has 0 amide bonds. The molecule has 6 nitrogen and oxygen atoms in total. The summed E-state index contributed by atoms with van der Waals surface area (Å²) in [5.41, 5.74) is 6.13. The molecular formula is C9H14N4O2S. The van der Waals surface area contributed by atoms with Crippen LogP contribution >= 0.6 is 0 Å². The standard InChI is InChI=1S/C9H14N4O2S/c1-2-12-16(14,15)13-8-5-3-4-7(6-8)9(10)11/h3-6,12-13H,2H2,1H3,(H3,10,11). The van der Waals surface area contributed by atoms with Gasteiger partial charge in [0.15, 0.2) is 0 Å². The average Bonchev–Trinajstić information content (AvgIpc) is 2.17. The van der Waals surface area contributed by atoms with Crippen LogP contribution in [0.2, 0.25) is 0 Å². The van der Waals surface area contributed by atoms with Crippen LogP contribution in [0.3, 0.4) is 0 Å². The molecule has 1 aromatic rings. The molecule has 7 heteroatoms. The number of nitrogens with one attached hydrogen (secondary N) is 3. The highest BCUT2D eigenvalue weighted by molar-refractivity contribution is 7.90. The maximum atomic E-state index is 11.4. The Morgan fingerprint density at radius 3 is 2.75 bits per heavy atom. The van der Waals surface area contributed by atoms with Crippen molar-refractivity contribution in [2.75, 3.05) is 11.3 Å². The number of benzene rings is 1. The van der Waals surface area contributed by atoms with E-state index >= 15 is 0 Å². The third-order valence-electron chi connectivity index (χ3n) is 1.76. The van der Waals surface area contributed by atoms with E-state index in [1.54, 1.807) is 25.1 Å². The molecular weight excluding hydrogens is 228 g/mol. The van der Waals surface area contributed by atoms with Crippen LogP contribution in [-0.2, 0) is 10.2 Å². The van der Waals surface area contributed by atoms with Crippen LogP contribution in [0.15, 0.2) is 24.3 Å². The topological polar surface area (TPSA) is 108 Å². The van der Waals surface area contributed by atoms with Crippen LogP contribution in [0.4, 0.5) is 5.69 Å². The summed E-state index contributed by atoms with van der Waals surface area (Å²) < 4.78 is 27.4. The van der Waals surface area contributed by atoms with Gasteiger partial charge in [-0.05, 0) is 12.1 Å². The largest absolute Gasteiger partial charge is 0.384 e. The quantitative estimate of drug-likeness (QED) is 0.438. The van der Waals surface area contributed by atoms with Gasteiger partial charge in [0.25, 0.3) is 10.2 Å². The summed E-state index contributed by atoms with van der Waals surface area (Å²) in [5.74, 6) is -0.107. The molecule has 0 unspecified atom stereocenters. The number of rotatable bonds is 5. The highest BCUT2D eigenvalue weighted by atomic mass is 32.2. The number of nitrogen functional groups attached to an aromatic ring is 1. The van der Waals surface area contributed by atoms with Crippen molar-refractivity contribution in [3.05, 3.63) is 29.8 Å². The number of amidine groups is 1. The highest BCUT2D eigenvalue weighted by Crippen LogP contribution is 2.11. The van der Waals surface area contributed by atoms with Crippen LogP contribution in [0.5, 0.6) is 0 Å². The maximum absolute atomic E-state index is 11.4. The Kier molecular flexibility index (Phi) is 3.86. The lowest BCUT2D eigenvalue weighted by Crippen LogP contribution is -2.29. The van der Waals surface area contributed by atoms with Gasteiger partial charge < -0.3 is 5.73 Å². The van der Waals surface area contributed by atoms with Crippen LogP contribution in [-0.4, -0.2) is 20.8 Å². The van der Waals surface area contributed by atoms with Crippen molar-refractivity contribution < 1.29 is 8.42 Å². The molecule has 0 bridgehead atoms.